The van der Waals surface area contributed by atoms with Gasteiger partial charge >= 0.3 is 0 Å². The number of amides is 1. The van der Waals surface area contributed by atoms with Crippen molar-refractivity contribution >= 4 is 27.5 Å². The summed E-state index contributed by atoms with van der Waals surface area (Å²) in [6.07, 6.45) is 1.68. The molecule has 120 valence electrons. The number of hydrogen-bond donors (Lipinski definition) is 1. The summed E-state index contributed by atoms with van der Waals surface area (Å²) in [6.45, 7) is 5.96. The standard InChI is InChI=1S/C18H18BrNO3/c1-3-10-22-15-6-4-14(5-7-15)20-18(21)12-23-16-8-9-17(19)13(2)11-16/h3-9,11H,1,10,12H2,2H3,(H,20,21). The molecule has 1 amide bonds. The number of aryl methyl sites for hydroxylation is 1. The van der Waals surface area contributed by atoms with Crippen LogP contribution in [0.25, 0.3) is 0 Å². The third-order valence-corrected chi connectivity index (χ3v) is 3.90. The fourth-order valence-corrected chi connectivity index (χ4v) is 2.09. The van der Waals surface area contributed by atoms with E-state index in [-0.39, 0.29) is 12.5 Å². The average Bonchev–Trinajstić information content (AvgIpc) is 2.55. The van der Waals surface area contributed by atoms with E-state index in [1.54, 1.807) is 30.3 Å². The maximum absolute atomic E-state index is 11.9. The predicted octanol–water partition coefficient (Wildman–Crippen LogP) is 4.34. The Bertz CT molecular complexity index is 683. The molecule has 0 atom stereocenters. The Hall–Kier alpha value is -2.27. The molecule has 23 heavy (non-hydrogen) atoms. The van der Waals surface area contributed by atoms with E-state index in [2.05, 4.69) is 27.8 Å². The van der Waals surface area contributed by atoms with E-state index >= 15 is 0 Å². The number of ether oxygens (including phenoxy) is 2. The molecule has 0 unspecified atom stereocenters. The Morgan fingerprint density at radius 2 is 1.87 bits per heavy atom. The van der Waals surface area contributed by atoms with Crippen LogP contribution < -0.4 is 14.8 Å². The maximum atomic E-state index is 11.9. The lowest BCUT2D eigenvalue weighted by molar-refractivity contribution is -0.118. The lowest BCUT2D eigenvalue weighted by atomic mass is 10.2. The number of anilines is 1. The summed E-state index contributed by atoms with van der Waals surface area (Å²) >= 11 is 3.42. The quantitative estimate of drug-likeness (QED) is 0.732. The molecule has 0 saturated heterocycles. The smallest absolute Gasteiger partial charge is 0.262 e. The monoisotopic (exact) mass is 375 g/mol. The highest BCUT2D eigenvalue weighted by molar-refractivity contribution is 9.10. The van der Waals surface area contributed by atoms with Crippen molar-refractivity contribution in [3.05, 3.63) is 65.2 Å². The zero-order valence-electron chi connectivity index (χ0n) is 12.8. The van der Waals surface area contributed by atoms with Gasteiger partial charge in [-0.3, -0.25) is 4.79 Å². The van der Waals surface area contributed by atoms with E-state index in [0.717, 1.165) is 15.8 Å². The molecular weight excluding hydrogens is 358 g/mol. The molecule has 5 heteroatoms. The minimum absolute atomic E-state index is 0.0458. The van der Waals surface area contributed by atoms with Crippen molar-refractivity contribution < 1.29 is 14.3 Å². The molecule has 0 radical (unpaired) electrons. The summed E-state index contributed by atoms with van der Waals surface area (Å²) in [4.78, 5) is 11.9. The molecule has 2 aromatic carbocycles. The third-order valence-electron chi connectivity index (χ3n) is 3.01. The minimum Gasteiger partial charge on any atom is -0.490 e. The van der Waals surface area contributed by atoms with Crippen molar-refractivity contribution in [3.8, 4) is 11.5 Å². The van der Waals surface area contributed by atoms with Gasteiger partial charge in [-0.25, -0.2) is 0 Å². The Labute approximate surface area is 144 Å². The van der Waals surface area contributed by atoms with Crippen molar-refractivity contribution in [2.45, 2.75) is 6.92 Å². The fraction of sp³-hybridized carbons (Fsp3) is 0.167. The van der Waals surface area contributed by atoms with Crippen LogP contribution in [0.15, 0.2) is 59.6 Å². The molecular formula is C18H18BrNO3. The van der Waals surface area contributed by atoms with Crippen molar-refractivity contribution in [3.63, 3.8) is 0 Å². The molecule has 0 fully saturated rings. The molecule has 0 bridgehead atoms. The molecule has 2 aromatic rings. The van der Waals surface area contributed by atoms with Crippen molar-refractivity contribution in [2.75, 3.05) is 18.5 Å². The molecule has 0 aliphatic carbocycles. The van der Waals surface area contributed by atoms with Gasteiger partial charge < -0.3 is 14.8 Å². The molecule has 0 aromatic heterocycles. The van der Waals surface area contributed by atoms with Gasteiger partial charge in [0.1, 0.15) is 18.1 Å². The SMILES string of the molecule is C=CCOc1ccc(NC(=O)COc2ccc(Br)c(C)c2)cc1. The van der Waals surface area contributed by atoms with Crippen LogP contribution in [0.3, 0.4) is 0 Å². The van der Waals surface area contributed by atoms with Gasteiger partial charge in [-0.15, -0.1) is 0 Å². The minimum atomic E-state index is -0.217. The van der Waals surface area contributed by atoms with E-state index < -0.39 is 0 Å². The van der Waals surface area contributed by atoms with Gasteiger partial charge in [-0.2, -0.15) is 0 Å². The number of rotatable bonds is 7. The van der Waals surface area contributed by atoms with Crippen molar-refractivity contribution in [2.24, 2.45) is 0 Å². The average molecular weight is 376 g/mol. The maximum Gasteiger partial charge on any atom is 0.262 e. The molecule has 0 saturated carbocycles. The summed E-state index contributed by atoms with van der Waals surface area (Å²) < 4.78 is 11.9. The highest BCUT2D eigenvalue weighted by atomic mass is 79.9. The topological polar surface area (TPSA) is 47.6 Å². The molecule has 0 heterocycles. The van der Waals surface area contributed by atoms with Gasteiger partial charge in [0.25, 0.3) is 5.91 Å². The number of carbonyl (C=O) groups excluding carboxylic acids is 1. The second-order valence-corrected chi connectivity index (χ2v) is 5.73. The van der Waals surface area contributed by atoms with Gasteiger partial charge in [0.2, 0.25) is 0 Å². The van der Waals surface area contributed by atoms with Crippen LogP contribution in [0.1, 0.15) is 5.56 Å². The van der Waals surface area contributed by atoms with Crippen LogP contribution in [0.4, 0.5) is 5.69 Å². The van der Waals surface area contributed by atoms with Gasteiger partial charge in [0, 0.05) is 10.2 Å². The van der Waals surface area contributed by atoms with Crippen molar-refractivity contribution in [1.82, 2.24) is 0 Å². The van der Waals surface area contributed by atoms with Crippen LogP contribution >= 0.6 is 15.9 Å². The summed E-state index contributed by atoms with van der Waals surface area (Å²) in [5, 5.41) is 2.77. The lowest BCUT2D eigenvalue weighted by Crippen LogP contribution is -2.20. The van der Waals surface area contributed by atoms with Crippen LogP contribution in [0, 0.1) is 6.92 Å². The number of nitrogens with one attached hydrogen (secondary N) is 1. The summed E-state index contributed by atoms with van der Waals surface area (Å²) in [5.74, 6) is 1.17. The zero-order chi connectivity index (χ0) is 16.7. The van der Waals surface area contributed by atoms with Crippen molar-refractivity contribution in [1.29, 1.82) is 0 Å². The van der Waals surface area contributed by atoms with E-state index in [1.165, 1.54) is 0 Å². The summed E-state index contributed by atoms with van der Waals surface area (Å²) in [7, 11) is 0. The predicted molar refractivity (Wildman–Crippen MR) is 95.1 cm³/mol. The van der Waals surface area contributed by atoms with Crippen LogP contribution in [0.5, 0.6) is 11.5 Å². The van der Waals surface area contributed by atoms with Gasteiger partial charge in [-0.05, 0) is 55.0 Å². The first-order valence-corrected chi connectivity index (χ1v) is 7.90. The zero-order valence-corrected chi connectivity index (χ0v) is 14.4. The first-order valence-electron chi connectivity index (χ1n) is 7.11. The Morgan fingerprint density at radius 3 is 2.52 bits per heavy atom. The Balaban J connectivity index is 1.84. The molecule has 2 rings (SSSR count). The first kappa shape index (κ1) is 17.1. The van der Waals surface area contributed by atoms with E-state index in [1.807, 2.05) is 25.1 Å². The second-order valence-electron chi connectivity index (χ2n) is 4.87. The van der Waals surface area contributed by atoms with Crippen LogP contribution in [0.2, 0.25) is 0 Å². The van der Waals surface area contributed by atoms with E-state index in [9.17, 15) is 4.79 Å². The van der Waals surface area contributed by atoms with E-state index in [4.69, 9.17) is 9.47 Å². The number of benzene rings is 2. The highest BCUT2D eigenvalue weighted by Crippen LogP contribution is 2.21. The van der Waals surface area contributed by atoms with E-state index in [0.29, 0.717) is 18.0 Å². The van der Waals surface area contributed by atoms with Gasteiger partial charge in [-0.1, -0.05) is 28.6 Å². The van der Waals surface area contributed by atoms with Gasteiger partial charge in [0.05, 0.1) is 0 Å². The first-order chi connectivity index (χ1) is 11.1. The fourth-order valence-electron chi connectivity index (χ4n) is 1.84. The van der Waals surface area contributed by atoms with Crippen LogP contribution in [-0.4, -0.2) is 19.1 Å². The largest absolute Gasteiger partial charge is 0.490 e. The normalized spacial score (nSPS) is 10.0. The number of halogens is 1. The summed E-state index contributed by atoms with van der Waals surface area (Å²) in [6, 6.07) is 12.7. The lowest BCUT2D eigenvalue weighted by Gasteiger charge is -2.09. The summed E-state index contributed by atoms with van der Waals surface area (Å²) in [5.41, 5.74) is 1.74. The number of hydrogen-bond acceptors (Lipinski definition) is 3. The highest BCUT2D eigenvalue weighted by Gasteiger charge is 2.05. The number of carbonyl (C=O) groups is 1. The second kappa shape index (κ2) is 8.39. The molecule has 4 nitrogen and oxygen atoms in total. The van der Waals surface area contributed by atoms with Crippen LogP contribution in [-0.2, 0) is 4.79 Å². The van der Waals surface area contributed by atoms with Gasteiger partial charge in [0.15, 0.2) is 6.61 Å². The molecule has 0 aliphatic heterocycles. The Morgan fingerprint density at radius 1 is 1.17 bits per heavy atom. The molecule has 1 N–H and O–H groups in total. The third kappa shape index (κ3) is 5.45. The molecule has 0 spiro atoms. The molecule has 0 aliphatic rings. The Kier molecular flexibility index (Phi) is 6.23.